The van der Waals surface area contributed by atoms with Gasteiger partial charge in [-0.25, -0.2) is 4.68 Å². The maximum Gasteiger partial charge on any atom is 0.256 e. The van der Waals surface area contributed by atoms with Crippen molar-refractivity contribution in [3.63, 3.8) is 0 Å². The van der Waals surface area contributed by atoms with Gasteiger partial charge >= 0.3 is 0 Å². The third kappa shape index (κ3) is 15.5. The fourth-order valence-corrected chi connectivity index (χ4v) is 15.0. The molecular weight excluding hydrogens is 1330 g/mol. The van der Waals surface area contributed by atoms with Gasteiger partial charge in [0.05, 0.1) is 93.6 Å². The second kappa shape index (κ2) is 30.6. The minimum absolute atomic E-state index is 0.00826. The fraction of sp³-hybridized carbons (Fsp3) is 0.481. The Morgan fingerprint density at radius 3 is 2.01 bits per heavy atom. The molecule has 550 valence electrons. The molecule has 6 aromatic rings. The first-order valence-corrected chi connectivity index (χ1v) is 36.2. The van der Waals surface area contributed by atoms with E-state index < -0.39 is 72.9 Å². The summed E-state index contributed by atoms with van der Waals surface area (Å²) in [4.78, 5) is 115. The maximum atomic E-state index is 14.5. The molecule has 2 spiro atoms. The Hall–Kier alpha value is -10.3. The number of rotatable bonds is 28. The molecule has 6 heterocycles. The molecule has 2 aliphatic carbocycles. The number of amides is 8. The fourth-order valence-electron chi connectivity index (χ4n) is 15.0. The predicted octanol–water partition coefficient (Wildman–Crippen LogP) is 7.71. The minimum atomic E-state index is -1.10. The van der Waals surface area contributed by atoms with Crippen LogP contribution >= 0.6 is 0 Å². The third-order valence-electron chi connectivity index (χ3n) is 21.2. The smallest absolute Gasteiger partial charge is 0.256 e. The Kier molecular flexibility index (Phi) is 21.2. The van der Waals surface area contributed by atoms with Crippen molar-refractivity contribution >= 4 is 70.0 Å². The molecule has 5 aliphatic heterocycles. The molecule has 7 aliphatic rings. The monoisotopic (exact) mass is 1420 g/mol. The predicted molar refractivity (Wildman–Crippen MR) is 387 cm³/mol. The summed E-state index contributed by atoms with van der Waals surface area (Å²) < 4.78 is 32.3. The molecule has 0 unspecified atom stereocenters. The minimum Gasteiger partial charge on any atom is -0.493 e. The number of methoxy groups -OCH3 is 2. The van der Waals surface area contributed by atoms with Gasteiger partial charge in [0, 0.05) is 73.5 Å². The first kappa shape index (κ1) is 72.1. The molecular formula is C77H93N13O14. The van der Waals surface area contributed by atoms with Crippen molar-refractivity contribution in [3.8, 4) is 45.5 Å². The number of hydrogen-bond acceptors (Lipinski definition) is 18. The largest absolute Gasteiger partial charge is 0.493 e. The van der Waals surface area contributed by atoms with E-state index in [0.29, 0.717) is 101 Å². The van der Waals surface area contributed by atoms with Gasteiger partial charge in [-0.3, -0.25) is 38.4 Å². The van der Waals surface area contributed by atoms with Crippen LogP contribution in [0.25, 0.3) is 22.5 Å². The number of ether oxygens (including phenoxy) is 5. The lowest BCUT2D eigenvalue weighted by molar-refractivity contribution is -0.132. The van der Waals surface area contributed by atoms with E-state index >= 15 is 0 Å². The summed E-state index contributed by atoms with van der Waals surface area (Å²) in [5.41, 5.74) is 8.30. The molecule has 7 N–H and O–H groups in total. The highest BCUT2D eigenvalue weighted by molar-refractivity contribution is 6.04. The van der Waals surface area contributed by atoms with Crippen LogP contribution in [0.15, 0.2) is 97.1 Å². The van der Waals surface area contributed by atoms with Crippen LogP contribution in [-0.2, 0) is 46.7 Å². The second-order valence-corrected chi connectivity index (χ2v) is 29.3. The summed E-state index contributed by atoms with van der Waals surface area (Å²) >= 11 is 0. The molecule has 0 radical (unpaired) electrons. The van der Waals surface area contributed by atoms with Crippen LogP contribution in [-0.4, -0.2) is 174 Å². The van der Waals surface area contributed by atoms with E-state index in [2.05, 4.69) is 42.2 Å². The highest BCUT2D eigenvalue weighted by Gasteiger charge is 2.58. The molecule has 1 aromatic heterocycles. The van der Waals surface area contributed by atoms with Gasteiger partial charge in [-0.1, -0.05) is 73.7 Å². The summed E-state index contributed by atoms with van der Waals surface area (Å²) in [5, 5.41) is 37.9. The number of benzene rings is 5. The SMILES string of the molecule is COc1cc2c(cc1OCCCCCOc1cc3c(cc1OC)C(=O)N1CC4(CC4)C[C@H]1[C@H](O)N3COCc1ccc(NC(=O)[C@H](C)NC(=O)[C@@H](NC(=O)CNC(=O)CNC(=O)CCC(=O)N3Cc4ccccc4-c4c(nnn4C(C)C)-c4ccccc43)C(C)C)cc1)NC[C@@H]1CC3(CC3)CN1C2=O. The second-order valence-electron chi connectivity index (χ2n) is 29.3. The molecule has 13 rings (SSSR count). The van der Waals surface area contributed by atoms with Crippen LogP contribution in [0, 0.1) is 16.7 Å². The molecule has 104 heavy (non-hydrogen) atoms. The first-order chi connectivity index (χ1) is 50.1. The third-order valence-corrected chi connectivity index (χ3v) is 21.2. The van der Waals surface area contributed by atoms with E-state index in [0.717, 1.165) is 72.3 Å². The van der Waals surface area contributed by atoms with Crippen LogP contribution in [0.5, 0.6) is 23.0 Å². The lowest BCUT2D eigenvalue weighted by Gasteiger charge is -2.33. The summed E-state index contributed by atoms with van der Waals surface area (Å²) in [6, 6.07) is 26.9. The standard InChI is InChI=1S/C77H93N13O14/c1-45(2)68(83-66(93)39-80-65(92)38-79-64(91)23-24-67(94)86-40-49-15-9-10-16-52(49)70-69(84-85-90(70)46(3)4)53-17-11-12-18-57(53)86)72(96)81-47(5)71(95)82-50-21-19-48(20-22-50)41-102-44-89-58-34-63(61(101-7)32-55(58)74(98)88-43-77(27-28-77)36-59(88)75(89)99)104-30-14-8-13-29-103-62-33-56-54(31-60(62)100-6)73(97)87-42-76(25-26-76)35-51(87)37-78-56/h9-12,15-22,31-34,45-47,51,59,68,75,78,99H,8,13-14,23-30,35-44H2,1-7H3,(H,79,91)(H,80,92)(H,81,96)(H,82,95)(H,83,93)/t47-,51-,59-,68-,75-/m0/s1. The van der Waals surface area contributed by atoms with Gasteiger partial charge in [-0.2, -0.15) is 0 Å². The molecule has 2 saturated heterocycles. The van der Waals surface area contributed by atoms with Crippen molar-refractivity contribution in [1.82, 2.24) is 46.1 Å². The zero-order valence-electron chi connectivity index (χ0n) is 60.0. The quantitative estimate of drug-likeness (QED) is 0.0231. The zero-order chi connectivity index (χ0) is 73.1. The number of nitrogens with zero attached hydrogens (tertiary/aromatic N) is 7. The van der Waals surface area contributed by atoms with Gasteiger partial charge in [0.1, 0.15) is 30.7 Å². The maximum absolute atomic E-state index is 14.5. The molecule has 27 heteroatoms. The summed E-state index contributed by atoms with van der Waals surface area (Å²) in [7, 11) is 3.11. The summed E-state index contributed by atoms with van der Waals surface area (Å²) in [6.07, 6.45) is 6.77. The van der Waals surface area contributed by atoms with Crippen molar-refractivity contribution < 1.29 is 67.1 Å². The molecule has 5 aromatic carbocycles. The summed E-state index contributed by atoms with van der Waals surface area (Å²) in [5.74, 6) is -2.07. The number of nitrogens with one attached hydrogen (secondary N) is 6. The number of anilines is 4. The number of carbonyl (C=O) groups excluding carboxylic acids is 8. The number of unbranched alkanes of at least 4 members (excludes halogenated alkanes) is 2. The highest BCUT2D eigenvalue weighted by Crippen LogP contribution is 2.58. The molecule has 0 bridgehead atoms. The van der Waals surface area contributed by atoms with Crippen molar-refractivity contribution in [2.45, 2.75) is 155 Å². The Morgan fingerprint density at radius 2 is 1.31 bits per heavy atom. The van der Waals surface area contributed by atoms with Gasteiger partial charge < -0.3 is 80.3 Å². The van der Waals surface area contributed by atoms with Gasteiger partial charge in [0.2, 0.25) is 35.4 Å². The van der Waals surface area contributed by atoms with Gasteiger partial charge in [0.25, 0.3) is 11.8 Å². The molecule has 27 nitrogen and oxygen atoms in total. The first-order valence-electron chi connectivity index (χ1n) is 36.2. The number of aliphatic hydroxyl groups excluding tert-OH is 1. The van der Waals surface area contributed by atoms with Gasteiger partial charge in [0.15, 0.2) is 23.0 Å². The van der Waals surface area contributed by atoms with E-state index in [4.69, 9.17) is 23.7 Å². The number of hydrogen-bond donors (Lipinski definition) is 7. The van der Waals surface area contributed by atoms with Crippen molar-refractivity contribution in [1.29, 1.82) is 0 Å². The van der Waals surface area contributed by atoms with Crippen LogP contribution < -0.4 is 60.6 Å². The zero-order valence-corrected chi connectivity index (χ0v) is 60.0. The number of aromatic nitrogens is 3. The lowest BCUT2D eigenvalue weighted by atomic mass is 9.95. The lowest BCUT2D eigenvalue weighted by Crippen LogP contribution is -2.55. The normalized spacial score (nSPS) is 18.9. The van der Waals surface area contributed by atoms with Crippen LogP contribution in [0.4, 0.5) is 22.7 Å². The van der Waals surface area contributed by atoms with Gasteiger partial charge in [-0.15, -0.1) is 5.10 Å². The van der Waals surface area contributed by atoms with E-state index in [1.165, 1.54) is 26.9 Å². The van der Waals surface area contributed by atoms with Crippen molar-refractivity contribution in [2.75, 3.05) is 87.3 Å². The van der Waals surface area contributed by atoms with Crippen molar-refractivity contribution in [3.05, 3.63) is 119 Å². The summed E-state index contributed by atoms with van der Waals surface area (Å²) in [6.45, 7) is 11.1. The Morgan fingerprint density at radius 1 is 0.663 bits per heavy atom. The van der Waals surface area contributed by atoms with E-state index in [1.807, 2.05) is 78.0 Å². The molecule has 8 amide bonds. The molecule has 2 saturated carbocycles. The van der Waals surface area contributed by atoms with E-state index in [9.17, 15) is 43.5 Å². The number of para-hydroxylation sites is 1. The van der Waals surface area contributed by atoms with Gasteiger partial charge in [-0.05, 0) is 137 Å². The van der Waals surface area contributed by atoms with Crippen LogP contribution in [0.2, 0.25) is 0 Å². The Bertz CT molecular complexity index is 4270. The highest BCUT2D eigenvalue weighted by atomic mass is 16.5. The van der Waals surface area contributed by atoms with Crippen molar-refractivity contribution in [2.24, 2.45) is 16.7 Å². The Balaban J connectivity index is 0.548. The number of aliphatic hydroxyl groups is 1. The van der Waals surface area contributed by atoms with Crippen LogP contribution in [0.3, 0.4) is 0 Å². The van der Waals surface area contributed by atoms with Crippen LogP contribution in [0.1, 0.15) is 143 Å². The average molecular weight is 1420 g/mol. The topological polar surface area (TPSA) is 319 Å². The molecule has 5 atom stereocenters. The number of carbonyl (C=O) groups is 8. The average Bonchev–Trinajstić information content (AvgIpc) is 1.57. The Labute approximate surface area is 604 Å². The number of fused-ring (bicyclic) bond motifs is 9. The molecule has 4 fully saturated rings. The van der Waals surface area contributed by atoms with E-state index in [-0.39, 0.29) is 67.9 Å². The van der Waals surface area contributed by atoms with E-state index in [1.54, 1.807) is 78.1 Å².